The highest BCUT2D eigenvalue weighted by molar-refractivity contribution is 5.95. The number of amides is 1. The molecule has 2 heterocycles. The molecule has 1 fully saturated rings. The van der Waals surface area contributed by atoms with Crippen molar-refractivity contribution in [2.75, 3.05) is 74.1 Å². The van der Waals surface area contributed by atoms with Crippen molar-refractivity contribution in [1.29, 1.82) is 0 Å². The Balaban J connectivity index is 1.13. The number of para-hydroxylation sites is 2. The number of carbonyl (C=O) groups excluding carboxylic acids is 1. The Hall–Kier alpha value is -5.49. The Morgan fingerprint density at radius 1 is 0.852 bits per heavy atom. The van der Waals surface area contributed by atoms with Gasteiger partial charge in [0.15, 0.2) is 23.0 Å². The number of fused-ring (bicyclic) bond motifs is 1. The number of piperidine rings is 1. The maximum atomic E-state index is 13.8. The van der Waals surface area contributed by atoms with Gasteiger partial charge in [0.2, 0.25) is 11.7 Å². The number of likely N-dealkylation sites (tertiary alicyclic amines) is 1. The topological polar surface area (TPSA) is 99.6 Å². The molecule has 0 spiro atoms. The van der Waals surface area contributed by atoms with Crippen molar-refractivity contribution in [3.63, 3.8) is 0 Å². The number of ether oxygens (including phenoxy) is 5. The Bertz CT molecular complexity index is 2000. The molecule has 1 saturated heterocycles. The van der Waals surface area contributed by atoms with Crippen molar-refractivity contribution in [3.8, 4) is 28.7 Å². The van der Waals surface area contributed by atoms with E-state index in [1.165, 1.54) is 33.5 Å². The number of nitrogens with zero attached hydrogens (tertiary/aromatic N) is 4. The summed E-state index contributed by atoms with van der Waals surface area (Å²) in [7, 11) is 9.68. The van der Waals surface area contributed by atoms with Gasteiger partial charge in [0, 0.05) is 44.2 Å². The number of rotatable bonds is 16. The van der Waals surface area contributed by atoms with Gasteiger partial charge in [0.1, 0.15) is 5.82 Å². The smallest absolute Gasteiger partial charge is 0.253 e. The number of likely N-dealkylation sites (N-methyl/N-ethyl adjacent to an activating group) is 1. The van der Waals surface area contributed by atoms with Gasteiger partial charge in [-0.05, 0) is 85.5 Å². The third-order valence-corrected chi connectivity index (χ3v) is 10.3. The van der Waals surface area contributed by atoms with Gasteiger partial charge in [-0.1, -0.05) is 30.3 Å². The van der Waals surface area contributed by atoms with E-state index in [0.717, 1.165) is 67.0 Å². The zero-order valence-corrected chi connectivity index (χ0v) is 31.9. The normalized spacial score (nSPS) is 14.1. The molecule has 1 atom stereocenters. The SMILES string of the molecule is COc1ccc(C(CCN2CCC(Nc3nc4ccccc4n3Cc3ccc(F)cc3)CC2)CN(C)C(=O)c2cc(OC)c(OC)c(OC)c2)cc1OC. The lowest BCUT2D eigenvalue weighted by atomic mass is 9.93. The molecule has 1 aliphatic rings. The summed E-state index contributed by atoms with van der Waals surface area (Å²) in [6, 6.07) is 24.4. The Labute approximate surface area is 316 Å². The summed E-state index contributed by atoms with van der Waals surface area (Å²) in [6.45, 7) is 3.79. The largest absolute Gasteiger partial charge is 0.493 e. The number of carbonyl (C=O) groups is 1. The molecule has 1 amide bonds. The molecule has 1 aromatic heterocycles. The van der Waals surface area contributed by atoms with Crippen LogP contribution in [0.4, 0.5) is 10.3 Å². The molecule has 1 unspecified atom stereocenters. The molecule has 1 N–H and O–H groups in total. The van der Waals surface area contributed by atoms with Crippen molar-refractivity contribution in [2.24, 2.45) is 0 Å². The highest BCUT2D eigenvalue weighted by Crippen LogP contribution is 2.39. The predicted molar refractivity (Wildman–Crippen MR) is 208 cm³/mol. The van der Waals surface area contributed by atoms with Crippen LogP contribution in [0.2, 0.25) is 0 Å². The van der Waals surface area contributed by atoms with E-state index in [2.05, 4.69) is 26.9 Å². The monoisotopic (exact) mass is 739 g/mol. The number of benzene rings is 4. The summed E-state index contributed by atoms with van der Waals surface area (Å²) in [5.41, 5.74) is 4.48. The number of imidazole rings is 1. The van der Waals surface area contributed by atoms with E-state index in [9.17, 15) is 9.18 Å². The minimum absolute atomic E-state index is 0.0167. The third-order valence-electron chi connectivity index (χ3n) is 10.3. The summed E-state index contributed by atoms with van der Waals surface area (Å²) in [5, 5.41) is 3.74. The average molecular weight is 740 g/mol. The van der Waals surface area contributed by atoms with Crippen LogP contribution in [-0.2, 0) is 6.54 Å². The zero-order valence-electron chi connectivity index (χ0n) is 31.9. The zero-order chi connectivity index (χ0) is 38.2. The van der Waals surface area contributed by atoms with Crippen molar-refractivity contribution >= 4 is 22.9 Å². The maximum Gasteiger partial charge on any atom is 0.253 e. The molecule has 0 saturated carbocycles. The summed E-state index contributed by atoms with van der Waals surface area (Å²) in [6.07, 6.45) is 2.74. The van der Waals surface area contributed by atoms with Gasteiger partial charge in [0.05, 0.1) is 53.1 Å². The van der Waals surface area contributed by atoms with Crippen LogP contribution in [0.25, 0.3) is 11.0 Å². The van der Waals surface area contributed by atoms with Crippen LogP contribution in [0.1, 0.15) is 46.7 Å². The molecule has 0 aliphatic carbocycles. The molecule has 6 rings (SSSR count). The van der Waals surface area contributed by atoms with E-state index in [1.807, 2.05) is 49.5 Å². The molecule has 11 nitrogen and oxygen atoms in total. The summed E-state index contributed by atoms with van der Waals surface area (Å²) < 4.78 is 43.5. The van der Waals surface area contributed by atoms with Crippen LogP contribution in [0.3, 0.4) is 0 Å². The molecule has 0 bridgehead atoms. The molecular formula is C42H50FN5O6. The number of aromatic nitrogens is 2. The Kier molecular flexibility index (Phi) is 12.4. The van der Waals surface area contributed by atoms with Crippen LogP contribution < -0.4 is 29.0 Å². The first-order chi connectivity index (χ1) is 26.2. The summed E-state index contributed by atoms with van der Waals surface area (Å²) >= 11 is 0. The first kappa shape index (κ1) is 38.2. The van der Waals surface area contributed by atoms with Crippen LogP contribution in [-0.4, -0.2) is 100 Å². The molecule has 54 heavy (non-hydrogen) atoms. The summed E-state index contributed by atoms with van der Waals surface area (Å²) in [4.78, 5) is 23.0. The second-order valence-corrected chi connectivity index (χ2v) is 13.6. The van der Waals surface area contributed by atoms with Gasteiger partial charge in [-0.25, -0.2) is 9.37 Å². The van der Waals surface area contributed by atoms with E-state index < -0.39 is 0 Å². The van der Waals surface area contributed by atoms with Crippen molar-refractivity contribution in [2.45, 2.75) is 37.8 Å². The standard InChI is InChI=1S/C42H50FN5O6/c1-46(41(49)31-24-38(52-4)40(54-6)39(25-31)53-5)27-30(29-13-16-36(50-2)37(23-29)51-3)17-20-47-21-18-33(19-22-47)44-42-45-34-9-7-8-10-35(34)48(42)26-28-11-14-32(43)15-12-28/h7-16,23-25,30,33H,17-22,26-27H2,1-6H3,(H,44,45). The lowest BCUT2D eigenvalue weighted by Gasteiger charge is -2.34. The van der Waals surface area contributed by atoms with E-state index in [4.69, 9.17) is 28.7 Å². The van der Waals surface area contributed by atoms with Crippen LogP contribution in [0.15, 0.2) is 78.9 Å². The average Bonchev–Trinajstić information content (AvgIpc) is 3.55. The Morgan fingerprint density at radius 3 is 2.17 bits per heavy atom. The van der Waals surface area contributed by atoms with Gasteiger partial charge in [-0.2, -0.15) is 0 Å². The first-order valence-corrected chi connectivity index (χ1v) is 18.2. The second-order valence-electron chi connectivity index (χ2n) is 13.6. The molecular weight excluding hydrogens is 689 g/mol. The number of halogens is 1. The van der Waals surface area contributed by atoms with Gasteiger partial charge >= 0.3 is 0 Å². The van der Waals surface area contributed by atoms with Gasteiger partial charge in [-0.15, -0.1) is 0 Å². The number of methoxy groups -OCH3 is 5. The predicted octanol–water partition coefficient (Wildman–Crippen LogP) is 7.09. The number of anilines is 1. The van der Waals surface area contributed by atoms with Crippen LogP contribution >= 0.6 is 0 Å². The first-order valence-electron chi connectivity index (χ1n) is 18.2. The van der Waals surface area contributed by atoms with Crippen LogP contribution in [0, 0.1) is 5.82 Å². The van der Waals surface area contributed by atoms with E-state index >= 15 is 0 Å². The van der Waals surface area contributed by atoms with Gasteiger partial charge in [0.25, 0.3) is 5.91 Å². The molecule has 0 radical (unpaired) electrons. The highest BCUT2D eigenvalue weighted by atomic mass is 19.1. The van der Waals surface area contributed by atoms with Gasteiger partial charge in [-0.3, -0.25) is 4.79 Å². The highest BCUT2D eigenvalue weighted by Gasteiger charge is 2.26. The quantitative estimate of drug-likeness (QED) is 0.114. The fraction of sp³-hybridized carbons (Fsp3) is 0.381. The van der Waals surface area contributed by atoms with Crippen molar-refractivity contribution < 1.29 is 32.9 Å². The molecule has 1 aliphatic heterocycles. The summed E-state index contributed by atoms with van der Waals surface area (Å²) in [5.74, 6) is 3.03. The number of hydrogen-bond acceptors (Lipinski definition) is 9. The van der Waals surface area contributed by atoms with Crippen molar-refractivity contribution in [1.82, 2.24) is 19.4 Å². The van der Waals surface area contributed by atoms with Gasteiger partial charge < -0.3 is 43.4 Å². The lowest BCUT2D eigenvalue weighted by molar-refractivity contribution is 0.0781. The lowest BCUT2D eigenvalue weighted by Crippen LogP contribution is -2.40. The molecule has 5 aromatic rings. The van der Waals surface area contributed by atoms with E-state index in [0.29, 0.717) is 47.4 Å². The molecule has 12 heteroatoms. The molecule has 286 valence electrons. The van der Waals surface area contributed by atoms with E-state index in [1.54, 1.807) is 31.3 Å². The minimum atomic E-state index is -0.245. The van der Waals surface area contributed by atoms with E-state index in [-0.39, 0.29) is 23.7 Å². The minimum Gasteiger partial charge on any atom is -0.493 e. The van der Waals surface area contributed by atoms with Crippen LogP contribution in [0.5, 0.6) is 28.7 Å². The second kappa shape index (κ2) is 17.6. The van der Waals surface area contributed by atoms with Crippen molar-refractivity contribution in [3.05, 3.63) is 101 Å². The maximum absolute atomic E-state index is 13.8. The fourth-order valence-corrected chi connectivity index (χ4v) is 7.25. The number of hydrogen-bond donors (Lipinski definition) is 1. The Morgan fingerprint density at radius 2 is 1.52 bits per heavy atom. The fourth-order valence-electron chi connectivity index (χ4n) is 7.25. The molecule has 4 aromatic carbocycles. The number of nitrogens with one attached hydrogen (secondary N) is 1. The third kappa shape index (κ3) is 8.65.